The predicted molar refractivity (Wildman–Crippen MR) is 91.2 cm³/mol. The second kappa shape index (κ2) is 6.54. The third kappa shape index (κ3) is 3.61. The van der Waals surface area contributed by atoms with E-state index in [0.29, 0.717) is 0 Å². The van der Waals surface area contributed by atoms with Crippen molar-refractivity contribution in [3.05, 3.63) is 44.5 Å². The fourth-order valence-corrected chi connectivity index (χ4v) is 3.50. The Balaban J connectivity index is 1.57. The number of carbonyl (C=O) groups is 1. The van der Waals surface area contributed by atoms with Crippen molar-refractivity contribution in [1.82, 2.24) is 15.1 Å². The Morgan fingerprint density at radius 1 is 1.35 bits per heavy atom. The molecule has 1 N–H and O–H groups in total. The van der Waals surface area contributed by atoms with E-state index in [-0.39, 0.29) is 17.5 Å². The van der Waals surface area contributed by atoms with E-state index >= 15 is 0 Å². The minimum Gasteiger partial charge on any atom is -0.370 e. The number of anilines is 1. The molecule has 1 aliphatic heterocycles. The number of aryl methyl sites for hydroxylation is 2. The van der Waals surface area contributed by atoms with Gasteiger partial charge in [-0.1, -0.05) is 0 Å². The Kier molecular flexibility index (Phi) is 4.47. The monoisotopic (exact) mass is 332 g/mol. The quantitative estimate of drug-likeness (QED) is 0.926. The molecule has 1 aliphatic rings. The van der Waals surface area contributed by atoms with Gasteiger partial charge in [0.15, 0.2) is 0 Å². The molecule has 1 fully saturated rings. The van der Waals surface area contributed by atoms with Crippen molar-refractivity contribution in [2.45, 2.75) is 25.8 Å². The van der Waals surface area contributed by atoms with Gasteiger partial charge in [0.2, 0.25) is 0 Å². The molecular formula is C16H20N4O2S. The van der Waals surface area contributed by atoms with Crippen molar-refractivity contribution in [2.75, 3.05) is 18.0 Å². The lowest BCUT2D eigenvalue weighted by atomic mass is 10.0. The zero-order chi connectivity index (χ0) is 16.4. The lowest BCUT2D eigenvalue weighted by Gasteiger charge is -2.33. The van der Waals surface area contributed by atoms with Gasteiger partial charge in [-0.25, -0.2) is 4.68 Å². The molecule has 3 heterocycles. The van der Waals surface area contributed by atoms with Gasteiger partial charge in [-0.2, -0.15) is 5.10 Å². The molecule has 0 radical (unpaired) electrons. The Bertz CT molecular complexity index is 759. The van der Waals surface area contributed by atoms with Crippen LogP contribution in [0.15, 0.2) is 29.2 Å². The van der Waals surface area contributed by atoms with Gasteiger partial charge < -0.3 is 10.2 Å². The molecule has 23 heavy (non-hydrogen) atoms. The summed E-state index contributed by atoms with van der Waals surface area (Å²) in [5, 5.41) is 7.16. The fraction of sp³-hybridized carbons (Fsp3) is 0.438. The van der Waals surface area contributed by atoms with Crippen LogP contribution < -0.4 is 15.8 Å². The minimum atomic E-state index is -0.106. The van der Waals surface area contributed by atoms with Gasteiger partial charge in [0, 0.05) is 37.1 Å². The highest BCUT2D eigenvalue weighted by atomic mass is 32.1. The predicted octanol–water partition coefficient (Wildman–Crippen LogP) is 1.55. The van der Waals surface area contributed by atoms with E-state index in [9.17, 15) is 9.59 Å². The molecule has 3 rings (SSSR count). The second-order valence-corrected chi connectivity index (χ2v) is 7.11. The lowest BCUT2D eigenvalue weighted by Crippen LogP contribution is -2.44. The van der Waals surface area contributed by atoms with Gasteiger partial charge in [0.1, 0.15) is 0 Å². The van der Waals surface area contributed by atoms with Crippen LogP contribution in [0.4, 0.5) is 5.69 Å². The Hall–Kier alpha value is -2.15. The molecule has 0 aromatic carbocycles. The van der Waals surface area contributed by atoms with E-state index in [0.717, 1.165) is 41.4 Å². The zero-order valence-electron chi connectivity index (χ0n) is 13.3. The van der Waals surface area contributed by atoms with Crippen molar-refractivity contribution in [2.24, 2.45) is 7.05 Å². The Morgan fingerprint density at radius 2 is 2.09 bits per heavy atom. The van der Waals surface area contributed by atoms with Crippen molar-refractivity contribution >= 4 is 22.9 Å². The number of hydrogen-bond acceptors (Lipinski definition) is 5. The van der Waals surface area contributed by atoms with Crippen LogP contribution >= 0.6 is 11.3 Å². The lowest BCUT2D eigenvalue weighted by molar-refractivity contribution is 0.0935. The maximum atomic E-state index is 12.2. The fourth-order valence-electron chi connectivity index (χ4n) is 2.73. The molecule has 1 amide bonds. The molecule has 122 valence electrons. The summed E-state index contributed by atoms with van der Waals surface area (Å²) in [7, 11) is 1.64. The molecule has 0 saturated carbocycles. The van der Waals surface area contributed by atoms with Crippen LogP contribution in [0.2, 0.25) is 0 Å². The summed E-state index contributed by atoms with van der Waals surface area (Å²) >= 11 is 1.52. The summed E-state index contributed by atoms with van der Waals surface area (Å²) in [6.45, 7) is 3.62. The van der Waals surface area contributed by atoms with Crippen LogP contribution in [0.5, 0.6) is 0 Å². The number of aromatic nitrogens is 2. The van der Waals surface area contributed by atoms with E-state index in [1.807, 2.05) is 19.1 Å². The molecule has 0 unspecified atom stereocenters. The van der Waals surface area contributed by atoms with Gasteiger partial charge in [-0.3, -0.25) is 9.59 Å². The molecule has 0 bridgehead atoms. The van der Waals surface area contributed by atoms with Gasteiger partial charge >= 0.3 is 0 Å². The van der Waals surface area contributed by atoms with Gasteiger partial charge in [0.25, 0.3) is 11.5 Å². The van der Waals surface area contributed by atoms with E-state index in [1.165, 1.54) is 16.0 Å². The number of carbonyl (C=O) groups excluding carboxylic acids is 1. The van der Waals surface area contributed by atoms with Crippen molar-refractivity contribution in [3.63, 3.8) is 0 Å². The zero-order valence-corrected chi connectivity index (χ0v) is 14.1. The number of amides is 1. The molecule has 2 aromatic heterocycles. The highest BCUT2D eigenvalue weighted by Gasteiger charge is 2.22. The molecule has 6 nitrogen and oxygen atoms in total. The molecule has 2 aromatic rings. The Morgan fingerprint density at radius 3 is 2.70 bits per heavy atom. The number of rotatable bonds is 3. The van der Waals surface area contributed by atoms with Crippen LogP contribution in [0.25, 0.3) is 0 Å². The number of thiophene rings is 1. The molecule has 0 aliphatic carbocycles. The van der Waals surface area contributed by atoms with Gasteiger partial charge in [-0.05, 0) is 31.9 Å². The summed E-state index contributed by atoms with van der Waals surface area (Å²) in [4.78, 5) is 27.9. The summed E-state index contributed by atoms with van der Waals surface area (Å²) < 4.78 is 1.32. The van der Waals surface area contributed by atoms with Crippen LogP contribution in [-0.2, 0) is 7.05 Å². The number of nitrogens with zero attached hydrogens (tertiary/aromatic N) is 3. The first-order valence-electron chi connectivity index (χ1n) is 7.68. The van der Waals surface area contributed by atoms with Crippen LogP contribution in [-0.4, -0.2) is 34.8 Å². The van der Waals surface area contributed by atoms with E-state index in [2.05, 4.69) is 15.3 Å². The number of piperidine rings is 1. The first-order valence-corrected chi connectivity index (χ1v) is 8.50. The van der Waals surface area contributed by atoms with E-state index in [4.69, 9.17) is 0 Å². The Labute approximate surface area is 138 Å². The first-order chi connectivity index (χ1) is 11.0. The average Bonchev–Trinajstić information content (AvgIpc) is 2.97. The topological polar surface area (TPSA) is 67.2 Å². The largest absolute Gasteiger partial charge is 0.370 e. The summed E-state index contributed by atoms with van der Waals surface area (Å²) in [6, 6.07) is 5.63. The smallest absolute Gasteiger partial charge is 0.268 e. The average molecular weight is 332 g/mol. The minimum absolute atomic E-state index is 0.0109. The molecule has 1 saturated heterocycles. The maximum Gasteiger partial charge on any atom is 0.268 e. The molecule has 0 spiro atoms. The van der Waals surface area contributed by atoms with Crippen molar-refractivity contribution in [3.8, 4) is 0 Å². The van der Waals surface area contributed by atoms with Gasteiger partial charge in [-0.15, -0.1) is 11.3 Å². The van der Waals surface area contributed by atoms with Crippen molar-refractivity contribution in [1.29, 1.82) is 0 Å². The SMILES string of the molecule is Cc1ccc(C(=O)NC2CCN(c3cnn(C)c(=O)c3)CC2)s1. The van der Waals surface area contributed by atoms with Crippen LogP contribution in [0.1, 0.15) is 27.4 Å². The van der Waals surface area contributed by atoms with Gasteiger partial charge in [0.05, 0.1) is 16.8 Å². The maximum absolute atomic E-state index is 12.2. The van der Waals surface area contributed by atoms with Crippen LogP contribution in [0.3, 0.4) is 0 Å². The highest BCUT2D eigenvalue weighted by molar-refractivity contribution is 7.13. The van der Waals surface area contributed by atoms with Crippen LogP contribution in [0, 0.1) is 6.92 Å². The molecule has 0 atom stereocenters. The summed E-state index contributed by atoms with van der Waals surface area (Å²) in [5.74, 6) is 0.0109. The van der Waals surface area contributed by atoms with E-state index < -0.39 is 0 Å². The third-order valence-electron chi connectivity index (χ3n) is 4.11. The molecule has 7 heteroatoms. The standard InChI is InChI=1S/C16H20N4O2S/c1-11-3-4-14(23-11)16(22)18-12-5-7-20(8-6-12)13-9-15(21)19(2)17-10-13/h3-4,9-10,12H,5-8H2,1-2H3,(H,18,22). The van der Waals surface area contributed by atoms with E-state index in [1.54, 1.807) is 19.3 Å². The first kappa shape index (κ1) is 15.7. The summed E-state index contributed by atoms with van der Waals surface area (Å²) in [6.07, 6.45) is 3.45. The summed E-state index contributed by atoms with van der Waals surface area (Å²) in [5.41, 5.74) is 0.748. The number of hydrogen-bond donors (Lipinski definition) is 1. The highest BCUT2D eigenvalue weighted by Crippen LogP contribution is 2.19. The van der Waals surface area contributed by atoms with Crippen molar-refractivity contribution < 1.29 is 4.79 Å². The second-order valence-electron chi connectivity index (χ2n) is 5.82. The third-order valence-corrected chi connectivity index (χ3v) is 5.11. The molecular weight excluding hydrogens is 312 g/mol. The normalized spacial score (nSPS) is 15.7. The number of nitrogens with one attached hydrogen (secondary N) is 1.